The third-order valence-electron chi connectivity index (χ3n) is 1.65. The zero-order chi connectivity index (χ0) is 10.1. The van der Waals surface area contributed by atoms with Crippen LogP contribution in [0.3, 0.4) is 0 Å². The van der Waals surface area contributed by atoms with Gasteiger partial charge >= 0.3 is 0 Å². The molecule has 72 valence electrons. The molecular formula is C9H4Br2OS2. The van der Waals surface area contributed by atoms with E-state index in [1.54, 1.807) is 0 Å². The average Bonchev–Trinajstić information content (AvgIpc) is 2.73. The molecule has 5 heteroatoms. The number of carbonyl (C=O) groups is 1. The van der Waals surface area contributed by atoms with Gasteiger partial charge in [-0.2, -0.15) is 11.3 Å². The Morgan fingerprint density at radius 3 is 2.50 bits per heavy atom. The number of rotatable bonds is 2. The molecule has 0 aliphatic heterocycles. The summed E-state index contributed by atoms with van der Waals surface area (Å²) in [4.78, 5) is 12.7. The number of ketones is 1. The van der Waals surface area contributed by atoms with Crippen LogP contribution in [0.15, 0.2) is 31.2 Å². The van der Waals surface area contributed by atoms with Gasteiger partial charge in [-0.1, -0.05) is 0 Å². The predicted octanol–water partition coefficient (Wildman–Crippen LogP) is 4.57. The Kier molecular flexibility index (Phi) is 3.21. The van der Waals surface area contributed by atoms with E-state index in [-0.39, 0.29) is 5.78 Å². The van der Waals surface area contributed by atoms with E-state index in [4.69, 9.17) is 0 Å². The topological polar surface area (TPSA) is 17.1 Å². The SMILES string of the molecule is O=C(c1cc(Br)cs1)c1cscc1Br. The van der Waals surface area contributed by atoms with E-state index in [1.165, 1.54) is 22.7 Å². The molecule has 0 atom stereocenters. The molecule has 0 spiro atoms. The minimum Gasteiger partial charge on any atom is -0.288 e. The Balaban J connectivity index is 2.38. The largest absolute Gasteiger partial charge is 0.288 e. The van der Waals surface area contributed by atoms with Gasteiger partial charge in [-0.25, -0.2) is 0 Å². The maximum absolute atomic E-state index is 11.9. The van der Waals surface area contributed by atoms with Gasteiger partial charge in [0.2, 0.25) is 5.78 Å². The molecule has 2 aromatic heterocycles. The number of halogens is 2. The second-order valence-electron chi connectivity index (χ2n) is 2.59. The monoisotopic (exact) mass is 350 g/mol. The van der Waals surface area contributed by atoms with Gasteiger partial charge in [0.1, 0.15) is 0 Å². The summed E-state index contributed by atoms with van der Waals surface area (Å²) >= 11 is 9.66. The Hall–Kier alpha value is 0.0300. The summed E-state index contributed by atoms with van der Waals surface area (Å²) in [6.45, 7) is 0. The molecule has 0 radical (unpaired) electrons. The van der Waals surface area contributed by atoms with Gasteiger partial charge in [-0.3, -0.25) is 4.79 Å². The molecule has 0 fully saturated rings. The van der Waals surface area contributed by atoms with Gasteiger partial charge in [-0.15, -0.1) is 11.3 Å². The van der Waals surface area contributed by atoms with Crippen molar-refractivity contribution in [2.75, 3.05) is 0 Å². The second-order valence-corrected chi connectivity index (χ2v) is 6.02. The van der Waals surface area contributed by atoms with Gasteiger partial charge in [0, 0.05) is 30.6 Å². The molecule has 0 aliphatic rings. The van der Waals surface area contributed by atoms with E-state index >= 15 is 0 Å². The Bertz CT molecular complexity index is 473. The zero-order valence-corrected chi connectivity index (χ0v) is 11.6. The number of thiophene rings is 2. The highest BCUT2D eigenvalue weighted by molar-refractivity contribution is 9.10. The average molecular weight is 352 g/mol. The first-order valence-corrected chi connectivity index (χ1v) is 7.10. The van der Waals surface area contributed by atoms with E-state index in [0.29, 0.717) is 0 Å². The lowest BCUT2D eigenvalue weighted by Crippen LogP contribution is -1.96. The number of carbonyl (C=O) groups excluding carboxylic acids is 1. The molecule has 0 saturated heterocycles. The maximum atomic E-state index is 11.9. The zero-order valence-electron chi connectivity index (χ0n) is 6.79. The molecule has 0 saturated carbocycles. The molecule has 0 N–H and O–H groups in total. The summed E-state index contributed by atoms with van der Waals surface area (Å²) < 4.78 is 1.83. The normalized spacial score (nSPS) is 10.4. The van der Waals surface area contributed by atoms with Gasteiger partial charge in [0.25, 0.3) is 0 Å². The molecule has 1 nitrogen and oxygen atoms in total. The molecule has 14 heavy (non-hydrogen) atoms. The molecule has 2 aromatic rings. The van der Waals surface area contributed by atoms with Crippen LogP contribution in [0.1, 0.15) is 15.2 Å². The van der Waals surface area contributed by atoms with Crippen molar-refractivity contribution in [1.82, 2.24) is 0 Å². The highest BCUT2D eigenvalue weighted by Gasteiger charge is 2.14. The molecule has 2 rings (SSSR count). The first kappa shape index (κ1) is 10.5. The fourth-order valence-electron chi connectivity index (χ4n) is 1.01. The molecule has 0 amide bonds. The smallest absolute Gasteiger partial charge is 0.204 e. The lowest BCUT2D eigenvalue weighted by atomic mass is 10.2. The van der Waals surface area contributed by atoms with Crippen molar-refractivity contribution in [2.24, 2.45) is 0 Å². The quantitative estimate of drug-likeness (QED) is 0.724. The van der Waals surface area contributed by atoms with E-state index in [0.717, 1.165) is 19.4 Å². The molecule has 2 heterocycles. The van der Waals surface area contributed by atoms with E-state index in [2.05, 4.69) is 31.9 Å². The van der Waals surface area contributed by atoms with Crippen LogP contribution in [-0.4, -0.2) is 5.78 Å². The van der Waals surface area contributed by atoms with Crippen LogP contribution < -0.4 is 0 Å². The standard InChI is InChI=1S/C9H4Br2OS2/c10-5-1-8(14-2-5)9(12)6-3-13-4-7(6)11/h1-4H. The Morgan fingerprint density at radius 2 is 2.00 bits per heavy atom. The summed E-state index contributed by atoms with van der Waals surface area (Å²) in [5.74, 6) is 0.0776. The molecule has 0 bridgehead atoms. The third-order valence-corrected chi connectivity index (χ3v) is 5.04. The van der Waals surface area contributed by atoms with Crippen molar-refractivity contribution < 1.29 is 4.79 Å². The first-order valence-electron chi connectivity index (χ1n) is 3.69. The van der Waals surface area contributed by atoms with E-state index in [9.17, 15) is 4.79 Å². The minimum atomic E-state index is 0.0776. The summed E-state index contributed by atoms with van der Waals surface area (Å²) in [6, 6.07) is 1.84. The minimum absolute atomic E-state index is 0.0776. The Labute approximate surface area is 106 Å². The van der Waals surface area contributed by atoms with Gasteiger partial charge in [0.15, 0.2) is 0 Å². The van der Waals surface area contributed by atoms with Crippen LogP contribution in [0.4, 0.5) is 0 Å². The van der Waals surface area contributed by atoms with Gasteiger partial charge < -0.3 is 0 Å². The van der Waals surface area contributed by atoms with Gasteiger partial charge in [-0.05, 0) is 37.9 Å². The number of hydrogen-bond donors (Lipinski definition) is 0. The van der Waals surface area contributed by atoms with Crippen LogP contribution in [0.25, 0.3) is 0 Å². The fraction of sp³-hybridized carbons (Fsp3) is 0. The summed E-state index contributed by atoms with van der Waals surface area (Å²) in [6.07, 6.45) is 0. The van der Waals surface area contributed by atoms with Crippen LogP contribution in [0.5, 0.6) is 0 Å². The van der Waals surface area contributed by atoms with Crippen molar-refractivity contribution in [3.63, 3.8) is 0 Å². The predicted molar refractivity (Wildman–Crippen MR) is 67.5 cm³/mol. The van der Waals surface area contributed by atoms with Crippen molar-refractivity contribution >= 4 is 60.3 Å². The summed E-state index contributed by atoms with van der Waals surface area (Å²) in [5.41, 5.74) is 0.740. The summed E-state index contributed by atoms with van der Waals surface area (Å²) in [5, 5.41) is 5.68. The van der Waals surface area contributed by atoms with Gasteiger partial charge in [0.05, 0.1) is 4.88 Å². The second kappa shape index (κ2) is 4.26. The highest BCUT2D eigenvalue weighted by Crippen LogP contribution is 2.27. The van der Waals surface area contributed by atoms with E-state index in [1.807, 2.05) is 22.2 Å². The van der Waals surface area contributed by atoms with Crippen molar-refractivity contribution in [3.8, 4) is 0 Å². The van der Waals surface area contributed by atoms with Crippen LogP contribution in [-0.2, 0) is 0 Å². The van der Waals surface area contributed by atoms with Crippen LogP contribution in [0, 0.1) is 0 Å². The lowest BCUT2D eigenvalue weighted by molar-refractivity contribution is 0.104. The van der Waals surface area contributed by atoms with E-state index < -0.39 is 0 Å². The fourth-order valence-corrected chi connectivity index (χ4v) is 3.84. The van der Waals surface area contributed by atoms with Crippen molar-refractivity contribution in [2.45, 2.75) is 0 Å². The van der Waals surface area contributed by atoms with Crippen LogP contribution >= 0.6 is 54.5 Å². The first-order chi connectivity index (χ1) is 6.68. The lowest BCUT2D eigenvalue weighted by Gasteiger charge is -1.93. The molecule has 0 aliphatic carbocycles. The summed E-state index contributed by atoms with van der Waals surface area (Å²) in [7, 11) is 0. The van der Waals surface area contributed by atoms with Crippen molar-refractivity contribution in [3.05, 3.63) is 41.6 Å². The Morgan fingerprint density at radius 1 is 1.21 bits per heavy atom. The highest BCUT2D eigenvalue weighted by atomic mass is 79.9. The third kappa shape index (κ3) is 2.00. The molecule has 0 unspecified atom stereocenters. The molecule has 0 aromatic carbocycles. The number of hydrogen-bond acceptors (Lipinski definition) is 3. The van der Waals surface area contributed by atoms with Crippen LogP contribution in [0.2, 0.25) is 0 Å². The molecular weight excluding hydrogens is 348 g/mol. The van der Waals surface area contributed by atoms with Crippen molar-refractivity contribution in [1.29, 1.82) is 0 Å². The maximum Gasteiger partial charge on any atom is 0.204 e.